The molecule has 0 N–H and O–H groups in total. The zero-order valence-electron chi connectivity index (χ0n) is 56.5. The maximum atomic E-state index is 12.2. The number of carbonyl (C=O) groups is 1. The molecule has 0 radical (unpaired) electrons. The average molecular weight is 1300 g/mol. The molecule has 0 amide bonds. The molecule has 0 fully saturated rings. The Morgan fingerprint density at radius 1 is 0.302 bits per heavy atom. The Kier molecular flexibility index (Phi) is 25.0. The molecule has 1 aliphatic heterocycles. The van der Waals surface area contributed by atoms with Crippen LogP contribution in [-0.4, -0.2) is 45.9 Å². The van der Waals surface area contributed by atoms with Crippen molar-refractivity contribution < 1.29 is 33.2 Å². The van der Waals surface area contributed by atoms with Crippen molar-refractivity contribution in [3.63, 3.8) is 0 Å². The zero-order valence-corrected chi connectivity index (χ0v) is 57.3. The Balaban J connectivity index is 0.860. The number of unbranched alkanes of at least 4 members (excludes halogenated alkanes) is 12. The summed E-state index contributed by atoms with van der Waals surface area (Å²) in [6.07, 6.45) is 19.5. The maximum Gasteiger partial charge on any atom is 0.183 e. The molecule has 1 aliphatic rings. The fourth-order valence-corrected chi connectivity index (χ4v) is 13.2. The lowest BCUT2D eigenvalue weighted by molar-refractivity contribution is 0.111. The van der Waals surface area contributed by atoms with Crippen molar-refractivity contribution in [3.05, 3.63) is 223 Å². The van der Waals surface area contributed by atoms with Crippen LogP contribution in [0.4, 0.5) is 51.2 Å². The van der Waals surface area contributed by atoms with Crippen LogP contribution >= 0.6 is 11.3 Å². The predicted octanol–water partition coefficient (Wildman–Crippen LogP) is 24.6. The topological polar surface area (TPSA) is 82.2 Å². The summed E-state index contributed by atoms with van der Waals surface area (Å²) in [4.78, 5) is 20.4. The summed E-state index contributed by atoms with van der Waals surface area (Å²) in [6.45, 7) is 12.6. The number of benzene rings is 9. The van der Waals surface area contributed by atoms with Crippen molar-refractivity contribution in [1.82, 2.24) is 0 Å². The van der Waals surface area contributed by atoms with Gasteiger partial charge in [-0.05, 0) is 211 Å². The first kappa shape index (κ1) is 68.0. The standard InChI is InChI=1S/C85H93N3O7S/c1-5-9-13-17-57-90-78-49-41-74(42-50-78)87(75-43-51-79(52-44-75)91-58-18-14-10-6-2)71-35-25-66(26-36-71)64-21-31-69(32-22-64)86(73-39-29-68(30-40-73)85-84-83(82(63-89)96-85)94-61-62-95-84)70-33-23-65(24-34-70)67-27-37-72(38-28-67)88(76-45-53-80(54-46-76)92-59-19-15-11-7-3)77-47-55-81(56-48-77)93-60-20-16-12-8-4/h21-56,63H,5-20,57-62H2,1-4H3. The second kappa shape index (κ2) is 35.3. The van der Waals surface area contributed by atoms with Gasteiger partial charge in [-0.3, -0.25) is 4.79 Å². The lowest BCUT2D eigenvalue weighted by atomic mass is 10.0. The molecule has 0 spiro atoms. The van der Waals surface area contributed by atoms with E-state index in [1.54, 1.807) is 0 Å². The van der Waals surface area contributed by atoms with Gasteiger partial charge >= 0.3 is 0 Å². The van der Waals surface area contributed by atoms with E-state index < -0.39 is 0 Å². The van der Waals surface area contributed by atoms with Gasteiger partial charge in [-0.2, -0.15) is 0 Å². The molecule has 0 atom stereocenters. The molecule has 0 unspecified atom stereocenters. The highest BCUT2D eigenvalue weighted by molar-refractivity contribution is 7.18. The summed E-state index contributed by atoms with van der Waals surface area (Å²) in [5.41, 5.74) is 14.6. The Morgan fingerprint density at radius 3 is 0.771 bits per heavy atom. The van der Waals surface area contributed by atoms with Crippen LogP contribution in [0.5, 0.6) is 34.5 Å². The highest BCUT2D eigenvalue weighted by atomic mass is 32.1. The second-order valence-corrected chi connectivity index (χ2v) is 25.7. The molecule has 0 aliphatic carbocycles. The monoisotopic (exact) mass is 1300 g/mol. The van der Waals surface area contributed by atoms with Crippen LogP contribution in [0.3, 0.4) is 0 Å². The van der Waals surface area contributed by atoms with Gasteiger partial charge in [0.25, 0.3) is 0 Å². The number of aldehydes is 1. The number of nitrogens with zero attached hydrogens (tertiary/aromatic N) is 3. The lowest BCUT2D eigenvalue weighted by Crippen LogP contribution is -2.15. The molecular formula is C85H93N3O7S. The number of fused-ring (bicyclic) bond motifs is 1. The quantitative estimate of drug-likeness (QED) is 0.0277. The summed E-state index contributed by atoms with van der Waals surface area (Å²) in [5.74, 6) is 4.67. The minimum absolute atomic E-state index is 0.411. The predicted molar refractivity (Wildman–Crippen MR) is 400 cm³/mol. The van der Waals surface area contributed by atoms with Crippen LogP contribution in [0, 0.1) is 0 Å². The van der Waals surface area contributed by atoms with Crippen molar-refractivity contribution in [2.45, 2.75) is 130 Å². The smallest absolute Gasteiger partial charge is 0.183 e. The van der Waals surface area contributed by atoms with Gasteiger partial charge in [0.05, 0.1) is 31.3 Å². The summed E-state index contributed by atoms with van der Waals surface area (Å²) in [7, 11) is 0. The van der Waals surface area contributed by atoms with Gasteiger partial charge in [0.1, 0.15) is 41.1 Å². The van der Waals surface area contributed by atoms with Crippen molar-refractivity contribution in [2.75, 3.05) is 54.3 Å². The zero-order chi connectivity index (χ0) is 66.1. The van der Waals surface area contributed by atoms with Crippen LogP contribution in [0.1, 0.15) is 140 Å². The number of ether oxygens (including phenoxy) is 6. The highest BCUT2D eigenvalue weighted by Gasteiger charge is 2.26. The van der Waals surface area contributed by atoms with E-state index in [0.29, 0.717) is 29.6 Å². The van der Waals surface area contributed by atoms with Gasteiger partial charge in [-0.25, -0.2) is 0 Å². The van der Waals surface area contributed by atoms with Crippen LogP contribution < -0.4 is 43.1 Å². The van der Waals surface area contributed by atoms with Crippen molar-refractivity contribution in [2.24, 2.45) is 0 Å². The number of anilines is 9. The molecule has 0 saturated carbocycles. The van der Waals surface area contributed by atoms with Gasteiger partial charge < -0.3 is 43.1 Å². The summed E-state index contributed by atoms with van der Waals surface area (Å²) in [6, 6.07) is 77.5. The van der Waals surface area contributed by atoms with Crippen molar-refractivity contribution in [1.29, 1.82) is 0 Å². The Labute approximate surface area is 574 Å². The van der Waals surface area contributed by atoms with E-state index in [1.807, 2.05) is 0 Å². The molecule has 2 heterocycles. The molecule has 9 aromatic carbocycles. The Hall–Kier alpha value is -9.45. The van der Waals surface area contributed by atoms with Crippen LogP contribution in [0.15, 0.2) is 218 Å². The summed E-state index contributed by atoms with van der Waals surface area (Å²) >= 11 is 1.40. The van der Waals surface area contributed by atoms with Crippen molar-refractivity contribution >= 4 is 68.8 Å². The molecular weight excluding hydrogens is 1210 g/mol. The minimum atomic E-state index is 0.411. The molecule has 10 nitrogen and oxygen atoms in total. The third-order valence-electron chi connectivity index (χ3n) is 17.5. The average Bonchev–Trinajstić information content (AvgIpc) is 1.54. The molecule has 1 aromatic heterocycles. The second-order valence-electron chi connectivity index (χ2n) is 24.6. The first-order valence-corrected chi connectivity index (χ1v) is 35.9. The van der Waals surface area contributed by atoms with E-state index in [2.05, 4.69) is 261 Å². The van der Waals surface area contributed by atoms with Gasteiger partial charge in [0, 0.05) is 51.2 Å². The molecule has 0 saturated heterocycles. The largest absolute Gasteiger partial charge is 0.494 e. The first-order valence-electron chi connectivity index (χ1n) is 35.1. The molecule has 96 heavy (non-hydrogen) atoms. The van der Waals surface area contributed by atoms with E-state index in [1.165, 1.54) is 88.4 Å². The lowest BCUT2D eigenvalue weighted by Gasteiger charge is -2.27. The number of carbonyl (C=O) groups excluding carboxylic acids is 1. The third kappa shape index (κ3) is 17.9. The molecule has 11 heteroatoms. The van der Waals surface area contributed by atoms with E-state index in [-0.39, 0.29) is 0 Å². The van der Waals surface area contributed by atoms with Crippen LogP contribution in [-0.2, 0) is 0 Å². The van der Waals surface area contributed by atoms with Gasteiger partial charge in [0.2, 0.25) is 0 Å². The highest BCUT2D eigenvalue weighted by Crippen LogP contribution is 2.50. The van der Waals surface area contributed by atoms with Crippen molar-refractivity contribution in [3.8, 4) is 67.2 Å². The third-order valence-corrected chi connectivity index (χ3v) is 18.7. The molecule has 0 bridgehead atoms. The normalized spacial score (nSPS) is 11.7. The number of rotatable bonds is 37. The van der Waals surface area contributed by atoms with E-state index in [0.717, 1.165) is 165 Å². The van der Waals surface area contributed by atoms with Gasteiger partial charge in [-0.1, -0.05) is 165 Å². The fourth-order valence-electron chi connectivity index (χ4n) is 12.2. The Bertz CT molecular complexity index is 3610. The first-order chi connectivity index (χ1) is 47.4. The van der Waals surface area contributed by atoms with Gasteiger partial charge in [-0.15, -0.1) is 11.3 Å². The Morgan fingerprint density at radius 2 is 0.531 bits per heavy atom. The molecule has 11 rings (SSSR count). The number of hydrogen-bond acceptors (Lipinski definition) is 11. The van der Waals surface area contributed by atoms with Gasteiger partial charge in [0.15, 0.2) is 17.8 Å². The fraction of sp³-hybridized carbons (Fsp3) is 0.306. The van der Waals surface area contributed by atoms with E-state index >= 15 is 0 Å². The summed E-state index contributed by atoms with van der Waals surface area (Å²) < 4.78 is 36.7. The van der Waals surface area contributed by atoms with Crippen LogP contribution in [0.25, 0.3) is 32.7 Å². The molecule has 496 valence electrons. The maximum absolute atomic E-state index is 12.2. The van der Waals surface area contributed by atoms with E-state index in [4.69, 9.17) is 28.4 Å². The number of thiophene rings is 1. The minimum Gasteiger partial charge on any atom is -0.494 e. The van der Waals surface area contributed by atoms with E-state index in [9.17, 15) is 4.79 Å². The summed E-state index contributed by atoms with van der Waals surface area (Å²) in [5, 5.41) is 0. The SMILES string of the molecule is CCCCCCOc1ccc(N(c2ccc(OCCCCCC)cc2)c2ccc(-c3ccc(N(c4ccc(-c5ccc(N(c6ccc(OCCCCCC)cc6)c6ccc(OCCCCCC)cc6)cc5)cc4)c4ccc(-c5sc(C=O)c6c5OCCO6)cc4)cc3)cc2)cc1. The number of hydrogen-bond donors (Lipinski definition) is 0. The van der Waals surface area contributed by atoms with Crippen LogP contribution in [0.2, 0.25) is 0 Å². The molecule has 10 aromatic rings.